The van der Waals surface area contributed by atoms with Crippen molar-refractivity contribution in [2.45, 2.75) is 37.2 Å². The molecule has 3 aromatic rings. The molecule has 2 amide bonds. The van der Waals surface area contributed by atoms with Crippen LogP contribution in [-0.4, -0.2) is 20.2 Å². The van der Waals surface area contributed by atoms with E-state index in [0.29, 0.717) is 24.0 Å². The van der Waals surface area contributed by atoms with Crippen molar-refractivity contribution in [3.63, 3.8) is 0 Å². The SMILES string of the molecule is NS(=O)(=O)c1ccccc1-c1ccc(CNC(=O)C2CCC[C@H]2C(=O)NCc2ccc(F)cc2)cc1. The summed E-state index contributed by atoms with van der Waals surface area (Å²) in [4.78, 5) is 25.7. The number of rotatable bonds is 8. The number of amides is 2. The lowest BCUT2D eigenvalue weighted by Crippen LogP contribution is -2.39. The molecule has 7 nitrogen and oxygen atoms in total. The van der Waals surface area contributed by atoms with Gasteiger partial charge in [-0.3, -0.25) is 9.59 Å². The average Bonchev–Trinajstić information content (AvgIpc) is 3.37. The van der Waals surface area contributed by atoms with Crippen molar-refractivity contribution in [1.82, 2.24) is 10.6 Å². The van der Waals surface area contributed by atoms with Crippen LogP contribution in [0.25, 0.3) is 11.1 Å². The fraction of sp³-hybridized carbons (Fsp3) is 0.259. The van der Waals surface area contributed by atoms with E-state index in [2.05, 4.69) is 10.6 Å². The van der Waals surface area contributed by atoms with Crippen LogP contribution in [0.4, 0.5) is 4.39 Å². The van der Waals surface area contributed by atoms with Gasteiger partial charge in [0.25, 0.3) is 0 Å². The number of hydrogen-bond donors (Lipinski definition) is 3. The van der Waals surface area contributed by atoms with Crippen molar-refractivity contribution in [3.8, 4) is 11.1 Å². The Balaban J connectivity index is 1.34. The molecule has 1 saturated carbocycles. The highest BCUT2D eigenvalue weighted by Gasteiger charge is 2.37. The summed E-state index contributed by atoms with van der Waals surface area (Å²) in [6, 6.07) is 19.6. The number of halogens is 1. The summed E-state index contributed by atoms with van der Waals surface area (Å²) in [7, 11) is -3.86. The molecule has 0 aliphatic heterocycles. The molecule has 36 heavy (non-hydrogen) atoms. The van der Waals surface area contributed by atoms with Crippen LogP contribution >= 0.6 is 0 Å². The highest BCUT2D eigenvalue weighted by Crippen LogP contribution is 2.32. The van der Waals surface area contributed by atoms with E-state index in [0.717, 1.165) is 17.5 Å². The van der Waals surface area contributed by atoms with Gasteiger partial charge in [0.1, 0.15) is 5.82 Å². The summed E-state index contributed by atoms with van der Waals surface area (Å²) in [5.41, 5.74) is 2.84. The topological polar surface area (TPSA) is 118 Å². The Kier molecular flexibility index (Phi) is 7.81. The van der Waals surface area contributed by atoms with E-state index in [-0.39, 0.29) is 35.6 Å². The summed E-state index contributed by atoms with van der Waals surface area (Å²) < 4.78 is 36.8. The second-order valence-corrected chi connectivity index (χ2v) is 10.5. The largest absolute Gasteiger partial charge is 0.352 e. The van der Waals surface area contributed by atoms with Crippen LogP contribution in [0.1, 0.15) is 30.4 Å². The highest BCUT2D eigenvalue weighted by atomic mass is 32.2. The number of hydrogen-bond acceptors (Lipinski definition) is 4. The molecule has 1 aliphatic carbocycles. The number of nitrogens with two attached hydrogens (primary N) is 1. The predicted octanol–water partition coefficient (Wildman–Crippen LogP) is 3.49. The predicted molar refractivity (Wildman–Crippen MR) is 134 cm³/mol. The Morgan fingerprint density at radius 1 is 0.806 bits per heavy atom. The van der Waals surface area contributed by atoms with Gasteiger partial charge in [-0.1, -0.05) is 61.0 Å². The van der Waals surface area contributed by atoms with E-state index in [1.165, 1.54) is 18.2 Å². The maximum absolute atomic E-state index is 13.1. The standard InChI is InChI=1S/C27H28FN3O4S/c28-21-14-10-19(11-15-21)17-31-27(33)24-6-3-5-23(24)26(32)30-16-18-8-12-20(13-9-18)22-4-1-2-7-25(22)36(29,34)35/h1-2,4,7-15,23-24H,3,5-6,16-17H2,(H,30,32)(H,31,33)(H2,29,34,35)/t23?,24-/m1/s1. The van der Waals surface area contributed by atoms with Crippen molar-refractivity contribution in [1.29, 1.82) is 0 Å². The first-order valence-electron chi connectivity index (χ1n) is 11.7. The zero-order chi connectivity index (χ0) is 25.7. The minimum Gasteiger partial charge on any atom is -0.352 e. The van der Waals surface area contributed by atoms with E-state index in [4.69, 9.17) is 5.14 Å². The van der Waals surface area contributed by atoms with Gasteiger partial charge in [0.05, 0.1) is 4.90 Å². The molecule has 1 fully saturated rings. The number of carbonyl (C=O) groups is 2. The maximum atomic E-state index is 13.1. The van der Waals surface area contributed by atoms with Crippen molar-refractivity contribution >= 4 is 21.8 Å². The second-order valence-electron chi connectivity index (χ2n) is 8.94. The molecular weight excluding hydrogens is 481 g/mol. The minimum atomic E-state index is -3.86. The maximum Gasteiger partial charge on any atom is 0.238 e. The molecule has 3 aromatic carbocycles. The third-order valence-electron chi connectivity index (χ3n) is 6.49. The summed E-state index contributed by atoms with van der Waals surface area (Å²) in [5.74, 6) is -1.48. The Labute approximate surface area is 210 Å². The first kappa shape index (κ1) is 25.5. The molecule has 1 unspecified atom stereocenters. The van der Waals surface area contributed by atoms with Crippen LogP contribution in [0.5, 0.6) is 0 Å². The number of nitrogens with one attached hydrogen (secondary N) is 2. The Bertz CT molecular complexity index is 1340. The fourth-order valence-corrected chi connectivity index (χ4v) is 5.35. The van der Waals surface area contributed by atoms with Gasteiger partial charge in [0.15, 0.2) is 0 Å². The van der Waals surface area contributed by atoms with E-state index in [1.807, 2.05) is 12.1 Å². The van der Waals surface area contributed by atoms with Crippen molar-refractivity contribution in [2.75, 3.05) is 0 Å². The van der Waals surface area contributed by atoms with E-state index >= 15 is 0 Å². The third kappa shape index (κ3) is 6.16. The summed E-state index contributed by atoms with van der Waals surface area (Å²) in [6.45, 7) is 0.571. The molecule has 9 heteroatoms. The molecule has 4 N–H and O–H groups in total. The molecule has 0 saturated heterocycles. The van der Waals surface area contributed by atoms with Crippen LogP contribution in [0.2, 0.25) is 0 Å². The van der Waals surface area contributed by atoms with Crippen LogP contribution in [0, 0.1) is 17.7 Å². The Morgan fingerprint density at radius 2 is 1.31 bits per heavy atom. The van der Waals surface area contributed by atoms with Gasteiger partial charge < -0.3 is 10.6 Å². The minimum absolute atomic E-state index is 0.0519. The van der Waals surface area contributed by atoms with Gasteiger partial charge in [-0.25, -0.2) is 17.9 Å². The highest BCUT2D eigenvalue weighted by molar-refractivity contribution is 7.89. The first-order valence-corrected chi connectivity index (χ1v) is 13.3. The van der Waals surface area contributed by atoms with Crippen LogP contribution in [0.15, 0.2) is 77.7 Å². The number of benzene rings is 3. The molecule has 0 aromatic heterocycles. The van der Waals surface area contributed by atoms with E-state index < -0.39 is 21.9 Å². The second kappa shape index (κ2) is 11.0. The average molecular weight is 510 g/mol. The van der Waals surface area contributed by atoms with Gasteiger partial charge in [0.2, 0.25) is 21.8 Å². The zero-order valence-corrected chi connectivity index (χ0v) is 20.4. The molecule has 0 radical (unpaired) electrons. The quantitative estimate of drug-likeness (QED) is 0.431. The van der Waals surface area contributed by atoms with E-state index in [9.17, 15) is 22.4 Å². The van der Waals surface area contributed by atoms with Gasteiger partial charge in [0, 0.05) is 30.5 Å². The lowest BCUT2D eigenvalue weighted by Gasteiger charge is -2.19. The Hall–Kier alpha value is -3.56. The van der Waals surface area contributed by atoms with Crippen LogP contribution in [0.3, 0.4) is 0 Å². The number of primary sulfonamides is 1. The molecular formula is C27H28FN3O4S. The lowest BCUT2D eigenvalue weighted by atomic mass is 9.94. The van der Waals surface area contributed by atoms with Gasteiger partial charge in [-0.2, -0.15) is 0 Å². The molecule has 0 heterocycles. The monoisotopic (exact) mass is 509 g/mol. The third-order valence-corrected chi connectivity index (χ3v) is 7.46. The molecule has 2 atom stereocenters. The van der Waals surface area contributed by atoms with Crippen LogP contribution < -0.4 is 15.8 Å². The summed E-state index contributed by atoms with van der Waals surface area (Å²) >= 11 is 0. The summed E-state index contributed by atoms with van der Waals surface area (Å²) in [6.07, 6.45) is 2.08. The molecule has 0 bridgehead atoms. The lowest BCUT2D eigenvalue weighted by molar-refractivity contribution is -0.133. The first-order chi connectivity index (χ1) is 17.2. The van der Waals surface area contributed by atoms with Crippen molar-refractivity contribution < 1.29 is 22.4 Å². The zero-order valence-electron chi connectivity index (χ0n) is 19.6. The smallest absolute Gasteiger partial charge is 0.238 e. The fourth-order valence-electron chi connectivity index (χ4n) is 4.59. The normalized spacial score (nSPS) is 17.5. The summed E-state index contributed by atoms with van der Waals surface area (Å²) in [5, 5.41) is 11.1. The molecule has 188 valence electrons. The Morgan fingerprint density at radius 3 is 1.83 bits per heavy atom. The van der Waals surface area contributed by atoms with E-state index in [1.54, 1.807) is 42.5 Å². The molecule has 4 rings (SSSR count). The molecule has 0 spiro atoms. The molecule has 1 aliphatic rings. The van der Waals surface area contributed by atoms with Gasteiger partial charge in [-0.15, -0.1) is 0 Å². The van der Waals surface area contributed by atoms with Gasteiger partial charge in [-0.05, 0) is 47.7 Å². The number of sulfonamides is 1. The van der Waals surface area contributed by atoms with Gasteiger partial charge >= 0.3 is 0 Å². The van der Waals surface area contributed by atoms with Crippen LogP contribution in [-0.2, 0) is 32.7 Å². The number of carbonyl (C=O) groups excluding carboxylic acids is 2. The van der Waals surface area contributed by atoms with Crippen molar-refractivity contribution in [3.05, 3.63) is 89.7 Å². The van der Waals surface area contributed by atoms with Crippen molar-refractivity contribution in [2.24, 2.45) is 17.0 Å².